The summed E-state index contributed by atoms with van der Waals surface area (Å²) in [4.78, 5) is 12.0. The molecule has 0 aliphatic heterocycles. The smallest absolute Gasteiger partial charge is 0.244 e. The van der Waals surface area contributed by atoms with Crippen LogP contribution in [0, 0.1) is 0 Å². The van der Waals surface area contributed by atoms with Gasteiger partial charge in [0.2, 0.25) is 5.91 Å². The molecule has 0 fully saturated rings. The van der Waals surface area contributed by atoms with E-state index in [1.807, 2.05) is 54.2 Å². The SMILES string of the molecule is CCC(N)c1ccn(CC(=O)Nc2cccc(Br)c2)c1. The third-order valence-electron chi connectivity index (χ3n) is 3.08. The van der Waals surface area contributed by atoms with Gasteiger partial charge in [0.25, 0.3) is 0 Å². The number of rotatable bonds is 5. The first-order valence-corrected chi connectivity index (χ1v) is 7.34. The molecule has 2 aromatic rings. The number of carbonyl (C=O) groups is 1. The van der Waals surface area contributed by atoms with E-state index in [4.69, 9.17) is 5.73 Å². The van der Waals surface area contributed by atoms with E-state index in [9.17, 15) is 4.79 Å². The molecule has 0 bridgehead atoms. The minimum atomic E-state index is -0.0599. The summed E-state index contributed by atoms with van der Waals surface area (Å²) in [7, 11) is 0. The fourth-order valence-electron chi connectivity index (χ4n) is 1.95. The highest BCUT2D eigenvalue weighted by Crippen LogP contribution is 2.16. The summed E-state index contributed by atoms with van der Waals surface area (Å²) in [5.74, 6) is -0.0599. The third-order valence-corrected chi connectivity index (χ3v) is 3.57. The lowest BCUT2D eigenvalue weighted by molar-refractivity contribution is -0.116. The molecule has 3 N–H and O–H groups in total. The van der Waals surface area contributed by atoms with Crippen LogP contribution in [0.25, 0.3) is 0 Å². The molecule has 4 nitrogen and oxygen atoms in total. The normalized spacial score (nSPS) is 12.2. The van der Waals surface area contributed by atoms with E-state index in [1.54, 1.807) is 0 Å². The van der Waals surface area contributed by atoms with Crippen molar-refractivity contribution < 1.29 is 4.79 Å². The summed E-state index contributed by atoms with van der Waals surface area (Å²) in [5, 5.41) is 2.86. The summed E-state index contributed by atoms with van der Waals surface area (Å²) >= 11 is 3.38. The van der Waals surface area contributed by atoms with Crippen molar-refractivity contribution in [2.45, 2.75) is 25.9 Å². The summed E-state index contributed by atoms with van der Waals surface area (Å²) in [6.45, 7) is 2.32. The molecule has 1 heterocycles. The molecule has 1 unspecified atom stereocenters. The molecule has 0 saturated heterocycles. The maximum Gasteiger partial charge on any atom is 0.244 e. The molecular formula is C15H18BrN3O. The largest absolute Gasteiger partial charge is 0.345 e. The molecule has 1 aromatic carbocycles. The number of aromatic nitrogens is 1. The minimum absolute atomic E-state index is 0.0318. The fraction of sp³-hybridized carbons (Fsp3) is 0.267. The third kappa shape index (κ3) is 3.95. The Morgan fingerprint density at radius 2 is 2.25 bits per heavy atom. The van der Waals surface area contributed by atoms with E-state index in [0.717, 1.165) is 22.1 Å². The highest BCUT2D eigenvalue weighted by Gasteiger charge is 2.08. The van der Waals surface area contributed by atoms with Crippen molar-refractivity contribution in [1.82, 2.24) is 4.57 Å². The van der Waals surface area contributed by atoms with Crippen LogP contribution in [0.2, 0.25) is 0 Å². The number of halogens is 1. The molecule has 0 radical (unpaired) electrons. The summed E-state index contributed by atoms with van der Waals surface area (Å²) in [6, 6.07) is 9.52. The molecule has 0 spiro atoms. The van der Waals surface area contributed by atoms with Gasteiger partial charge in [-0.1, -0.05) is 28.9 Å². The van der Waals surface area contributed by atoms with Crippen LogP contribution in [0.4, 0.5) is 5.69 Å². The molecule has 2 rings (SSSR count). The number of nitrogens with two attached hydrogens (primary N) is 1. The highest BCUT2D eigenvalue weighted by atomic mass is 79.9. The fourth-order valence-corrected chi connectivity index (χ4v) is 2.34. The van der Waals surface area contributed by atoms with Crippen molar-refractivity contribution in [3.63, 3.8) is 0 Å². The number of nitrogens with zero attached hydrogens (tertiary/aromatic N) is 1. The number of nitrogens with one attached hydrogen (secondary N) is 1. The van der Waals surface area contributed by atoms with Crippen molar-refractivity contribution in [2.24, 2.45) is 5.73 Å². The minimum Gasteiger partial charge on any atom is -0.345 e. The summed E-state index contributed by atoms with van der Waals surface area (Å²) in [5.41, 5.74) is 7.80. The zero-order valence-electron chi connectivity index (χ0n) is 11.3. The van der Waals surface area contributed by atoms with Gasteiger partial charge in [0, 0.05) is 28.6 Å². The van der Waals surface area contributed by atoms with Crippen molar-refractivity contribution in [2.75, 3.05) is 5.32 Å². The van der Waals surface area contributed by atoms with Crippen LogP contribution in [0.5, 0.6) is 0 Å². The average Bonchev–Trinajstić information content (AvgIpc) is 2.86. The first kappa shape index (κ1) is 14.8. The van der Waals surface area contributed by atoms with Gasteiger partial charge < -0.3 is 15.6 Å². The second-order valence-corrected chi connectivity index (χ2v) is 5.61. The highest BCUT2D eigenvalue weighted by molar-refractivity contribution is 9.10. The first-order valence-electron chi connectivity index (χ1n) is 6.55. The van der Waals surface area contributed by atoms with Gasteiger partial charge >= 0.3 is 0 Å². The Morgan fingerprint density at radius 1 is 1.45 bits per heavy atom. The Balaban J connectivity index is 1.96. The maximum absolute atomic E-state index is 12.0. The Morgan fingerprint density at radius 3 is 2.95 bits per heavy atom. The monoisotopic (exact) mass is 335 g/mol. The van der Waals surface area contributed by atoms with Crippen molar-refractivity contribution >= 4 is 27.5 Å². The van der Waals surface area contributed by atoms with Crippen molar-refractivity contribution in [1.29, 1.82) is 0 Å². The number of carbonyl (C=O) groups excluding carboxylic acids is 1. The second-order valence-electron chi connectivity index (χ2n) is 4.69. The molecule has 1 atom stereocenters. The lowest BCUT2D eigenvalue weighted by Crippen LogP contribution is -2.18. The Hall–Kier alpha value is -1.59. The number of benzene rings is 1. The molecular weight excluding hydrogens is 318 g/mol. The van der Waals surface area contributed by atoms with Gasteiger partial charge in [0.05, 0.1) is 0 Å². The molecule has 5 heteroatoms. The predicted molar refractivity (Wildman–Crippen MR) is 84.4 cm³/mol. The molecule has 0 saturated carbocycles. The predicted octanol–water partition coefficient (Wildman–Crippen LogP) is 3.30. The molecule has 0 aliphatic rings. The molecule has 0 aliphatic carbocycles. The average molecular weight is 336 g/mol. The van der Waals surface area contributed by atoms with E-state index in [2.05, 4.69) is 21.2 Å². The maximum atomic E-state index is 12.0. The Labute approximate surface area is 127 Å². The van der Waals surface area contributed by atoms with E-state index in [0.29, 0.717) is 0 Å². The zero-order chi connectivity index (χ0) is 14.5. The number of amides is 1. The van der Waals surface area contributed by atoms with Crippen LogP contribution in [-0.2, 0) is 11.3 Å². The topological polar surface area (TPSA) is 60.0 Å². The summed E-state index contributed by atoms with van der Waals surface area (Å²) in [6.07, 6.45) is 4.69. The van der Waals surface area contributed by atoms with E-state index < -0.39 is 0 Å². The van der Waals surface area contributed by atoms with Crippen molar-refractivity contribution in [3.05, 3.63) is 52.8 Å². The van der Waals surface area contributed by atoms with Gasteiger partial charge in [-0.2, -0.15) is 0 Å². The quantitative estimate of drug-likeness (QED) is 0.880. The molecule has 1 amide bonds. The molecule has 106 valence electrons. The zero-order valence-corrected chi connectivity index (χ0v) is 12.9. The lowest BCUT2D eigenvalue weighted by Gasteiger charge is -2.07. The van der Waals surface area contributed by atoms with Gasteiger partial charge in [-0.3, -0.25) is 4.79 Å². The van der Waals surface area contributed by atoms with E-state index in [-0.39, 0.29) is 18.5 Å². The van der Waals surface area contributed by atoms with E-state index in [1.165, 1.54) is 0 Å². The van der Waals surface area contributed by atoms with Gasteiger partial charge in [0.1, 0.15) is 6.54 Å². The van der Waals surface area contributed by atoms with Crippen molar-refractivity contribution in [3.8, 4) is 0 Å². The summed E-state index contributed by atoms with van der Waals surface area (Å²) < 4.78 is 2.78. The van der Waals surface area contributed by atoms with Crippen LogP contribution in [0.15, 0.2) is 47.2 Å². The standard InChI is InChI=1S/C15H18BrN3O/c1-2-14(17)11-6-7-19(9-11)10-15(20)18-13-5-3-4-12(16)8-13/h3-9,14H,2,10,17H2,1H3,(H,18,20). The van der Waals surface area contributed by atoms with Gasteiger partial charge in [0.15, 0.2) is 0 Å². The van der Waals surface area contributed by atoms with Crippen LogP contribution in [-0.4, -0.2) is 10.5 Å². The van der Waals surface area contributed by atoms with Gasteiger partial charge in [-0.05, 0) is 36.2 Å². The Kier molecular flexibility index (Phi) is 4.98. The van der Waals surface area contributed by atoms with Gasteiger partial charge in [-0.25, -0.2) is 0 Å². The lowest BCUT2D eigenvalue weighted by atomic mass is 10.1. The van der Waals surface area contributed by atoms with Crippen LogP contribution in [0.1, 0.15) is 24.9 Å². The number of hydrogen-bond donors (Lipinski definition) is 2. The molecule has 1 aromatic heterocycles. The Bertz CT molecular complexity index is 594. The van der Waals surface area contributed by atoms with Crippen LogP contribution < -0.4 is 11.1 Å². The first-order chi connectivity index (χ1) is 9.58. The van der Waals surface area contributed by atoms with E-state index >= 15 is 0 Å². The number of hydrogen-bond acceptors (Lipinski definition) is 2. The second kappa shape index (κ2) is 6.72. The van der Waals surface area contributed by atoms with Crippen LogP contribution in [0.3, 0.4) is 0 Å². The molecule has 20 heavy (non-hydrogen) atoms. The van der Waals surface area contributed by atoms with Crippen LogP contribution >= 0.6 is 15.9 Å². The number of anilines is 1. The van der Waals surface area contributed by atoms with Gasteiger partial charge in [-0.15, -0.1) is 0 Å².